The van der Waals surface area contributed by atoms with Gasteiger partial charge in [0.15, 0.2) is 5.72 Å². The van der Waals surface area contributed by atoms with Gasteiger partial charge in [0.2, 0.25) is 0 Å². The van der Waals surface area contributed by atoms with Gasteiger partial charge in [-0.1, -0.05) is 0 Å². The van der Waals surface area contributed by atoms with E-state index >= 15 is 0 Å². The maximum atomic E-state index is 9.96. The second-order valence-corrected chi connectivity index (χ2v) is 2.42. The van der Waals surface area contributed by atoms with Crippen LogP contribution in [0, 0.1) is 0 Å². The third-order valence-electron chi connectivity index (χ3n) is 1.43. The number of carbonyl (C=O) groups excluding carboxylic acids is 1. The highest BCUT2D eigenvalue weighted by molar-refractivity contribution is 5.38. The molecule has 1 rings (SSSR count). The Hall–Kier alpha value is -0.610. The number of carbonyl (C=O) groups is 1. The monoisotopic (exact) mass is 145 g/mol. The van der Waals surface area contributed by atoms with Crippen LogP contribution in [0.2, 0.25) is 0 Å². The van der Waals surface area contributed by atoms with Gasteiger partial charge in [0.05, 0.1) is 6.61 Å². The Bertz CT molecular complexity index is 120. The first-order valence-electron chi connectivity index (χ1n) is 3.21. The Kier molecular flexibility index (Phi) is 2.24. The second-order valence-electron chi connectivity index (χ2n) is 2.42. The molecule has 1 aliphatic rings. The zero-order valence-electron chi connectivity index (χ0n) is 5.92. The van der Waals surface area contributed by atoms with Gasteiger partial charge in [0, 0.05) is 6.54 Å². The summed E-state index contributed by atoms with van der Waals surface area (Å²) in [6.45, 7) is 4.04. The summed E-state index contributed by atoms with van der Waals surface area (Å²) in [7, 11) is 0. The Morgan fingerprint density at radius 3 is 3.10 bits per heavy atom. The Morgan fingerprint density at radius 2 is 2.60 bits per heavy atom. The van der Waals surface area contributed by atoms with E-state index in [-0.39, 0.29) is 0 Å². The van der Waals surface area contributed by atoms with E-state index in [4.69, 9.17) is 9.47 Å². The molecule has 0 amide bonds. The van der Waals surface area contributed by atoms with Crippen molar-refractivity contribution < 1.29 is 14.3 Å². The van der Waals surface area contributed by atoms with E-state index < -0.39 is 5.72 Å². The highest BCUT2D eigenvalue weighted by Gasteiger charge is 2.27. The van der Waals surface area contributed by atoms with Crippen LogP contribution < -0.4 is 5.32 Å². The predicted molar refractivity (Wildman–Crippen MR) is 34.4 cm³/mol. The zero-order chi connectivity index (χ0) is 7.45. The molecular weight excluding hydrogens is 134 g/mol. The van der Waals surface area contributed by atoms with E-state index in [1.165, 1.54) is 0 Å². The first kappa shape index (κ1) is 7.50. The first-order chi connectivity index (χ1) is 4.77. The van der Waals surface area contributed by atoms with Crippen LogP contribution in [-0.4, -0.2) is 32.0 Å². The lowest BCUT2D eigenvalue weighted by Crippen LogP contribution is -2.53. The molecule has 0 aromatic heterocycles. The maximum absolute atomic E-state index is 9.96. The van der Waals surface area contributed by atoms with Crippen molar-refractivity contribution in [1.82, 2.24) is 5.32 Å². The lowest BCUT2D eigenvalue weighted by molar-refractivity contribution is -0.159. The zero-order valence-corrected chi connectivity index (χ0v) is 5.92. The minimum absolute atomic E-state index is 0.422. The molecule has 0 aromatic rings. The van der Waals surface area contributed by atoms with Crippen molar-refractivity contribution in [2.45, 2.75) is 12.6 Å². The maximum Gasteiger partial charge on any atom is 0.294 e. The summed E-state index contributed by atoms with van der Waals surface area (Å²) >= 11 is 0. The molecule has 58 valence electrons. The quantitative estimate of drug-likeness (QED) is 0.532. The van der Waals surface area contributed by atoms with Crippen LogP contribution in [0.3, 0.4) is 0 Å². The van der Waals surface area contributed by atoms with Crippen molar-refractivity contribution in [3.63, 3.8) is 0 Å². The van der Waals surface area contributed by atoms with Gasteiger partial charge >= 0.3 is 0 Å². The topological polar surface area (TPSA) is 47.6 Å². The lowest BCUT2D eigenvalue weighted by Gasteiger charge is -2.32. The molecule has 0 spiro atoms. The molecule has 0 aromatic carbocycles. The van der Waals surface area contributed by atoms with E-state index in [1.54, 1.807) is 6.92 Å². The van der Waals surface area contributed by atoms with Crippen LogP contribution in [0.5, 0.6) is 0 Å². The molecule has 10 heavy (non-hydrogen) atoms. The predicted octanol–water partition coefficient (Wildman–Crippen LogP) is -0.505. The van der Waals surface area contributed by atoms with Crippen molar-refractivity contribution in [2.24, 2.45) is 0 Å². The molecule has 1 fully saturated rings. The number of hydrogen-bond donors (Lipinski definition) is 1. The van der Waals surface area contributed by atoms with Crippen molar-refractivity contribution >= 4 is 6.47 Å². The third kappa shape index (κ3) is 1.68. The fourth-order valence-electron chi connectivity index (χ4n) is 0.887. The minimum atomic E-state index is -0.611. The lowest BCUT2D eigenvalue weighted by atomic mass is 10.2. The van der Waals surface area contributed by atoms with E-state index in [2.05, 4.69) is 5.32 Å². The molecule has 1 saturated heterocycles. The summed E-state index contributed by atoms with van der Waals surface area (Å²) < 4.78 is 9.84. The molecule has 0 aliphatic carbocycles. The van der Waals surface area contributed by atoms with Gasteiger partial charge in [-0.25, -0.2) is 0 Å². The largest absolute Gasteiger partial charge is 0.444 e. The fraction of sp³-hybridized carbons (Fsp3) is 0.833. The minimum Gasteiger partial charge on any atom is -0.444 e. The molecule has 1 aliphatic heterocycles. The average Bonchev–Trinajstić information content (AvgIpc) is 1.89. The van der Waals surface area contributed by atoms with Crippen LogP contribution in [0.1, 0.15) is 6.92 Å². The van der Waals surface area contributed by atoms with Crippen LogP contribution in [0.15, 0.2) is 0 Å². The van der Waals surface area contributed by atoms with E-state index in [1.807, 2.05) is 0 Å². The van der Waals surface area contributed by atoms with Crippen molar-refractivity contribution in [1.29, 1.82) is 0 Å². The standard InChI is InChI=1S/C6H11NO3/c1-6(10-5-8)4-9-3-2-7-6/h5,7H,2-4H2,1H3. The van der Waals surface area contributed by atoms with Gasteiger partial charge in [-0.15, -0.1) is 0 Å². The first-order valence-corrected chi connectivity index (χ1v) is 3.21. The Morgan fingerprint density at radius 1 is 1.80 bits per heavy atom. The number of nitrogens with one attached hydrogen (secondary N) is 1. The summed E-state index contributed by atoms with van der Waals surface area (Å²) in [5, 5.41) is 3.02. The molecular formula is C6H11NO3. The molecule has 0 saturated carbocycles. The van der Waals surface area contributed by atoms with Crippen LogP contribution in [0.25, 0.3) is 0 Å². The van der Waals surface area contributed by atoms with Gasteiger partial charge in [-0.3, -0.25) is 10.1 Å². The molecule has 1 N–H and O–H groups in total. The SMILES string of the molecule is CC1(OC=O)COCCN1. The molecule has 1 atom stereocenters. The van der Waals surface area contributed by atoms with Crippen molar-refractivity contribution in [3.8, 4) is 0 Å². The highest BCUT2D eigenvalue weighted by Crippen LogP contribution is 2.07. The summed E-state index contributed by atoms with van der Waals surface area (Å²) in [6, 6.07) is 0. The number of ether oxygens (including phenoxy) is 2. The molecule has 4 nitrogen and oxygen atoms in total. The molecule has 1 heterocycles. The number of rotatable bonds is 2. The summed E-state index contributed by atoms with van der Waals surface area (Å²) in [5.74, 6) is 0. The molecule has 4 heteroatoms. The van der Waals surface area contributed by atoms with Crippen molar-refractivity contribution in [3.05, 3.63) is 0 Å². The highest BCUT2D eigenvalue weighted by atomic mass is 16.6. The summed E-state index contributed by atoms with van der Waals surface area (Å²) in [6.07, 6.45) is 0. The summed E-state index contributed by atoms with van der Waals surface area (Å²) in [5.41, 5.74) is -0.611. The molecule has 1 unspecified atom stereocenters. The second kappa shape index (κ2) is 2.98. The van der Waals surface area contributed by atoms with Crippen LogP contribution in [0.4, 0.5) is 0 Å². The number of morpholine rings is 1. The van der Waals surface area contributed by atoms with Crippen LogP contribution >= 0.6 is 0 Å². The fourth-order valence-corrected chi connectivity index (χ4v) is 0.887. The number of hydrogen-bond acceptors (Lipinski definition) is 4. The average molecular weight is 145 g/mol. The van der Waals surface area contributed by atoms with Gasteiger partial charge in [-0.05, 0) is 6.92 Å². The van der Waals surface area contributed by atoms with E-state index in [9.17, 15) is 4.79 Å². The molecule has 0 bridgehead atoms. The third-order valence-corrected chi connectivity index (χ3v) is 1.43. The van der Waals surface area contributed by atoms with E-state index in [0.29, 0.717) is 19.7 Å². The van der Waals surface area contributed by atoms with Gasteiger partial charge in [0.1, 0.15) is 6.61 Å². The van der Waals surface area contributed by atoms with Gasteiger partial charge in [-0.2, -0.15) is 0 Å². The normalized spacial score (nSPS) is 33.3. The Labute approximate surface area is 59.5 Å². The van der Waals surface area contributed by atoms with Crippen molar-refractivity contribution in [2.75, 3.05) is 19.8 Å². The van der Waals surface area contributed by atoms with Gasteiger partial charge in [0.25, 0.3) is 6.47 Å². The smallest absolute Gasteiger partial charge is 0.294 e. The summed E-state index contributed by atoms with van der Waals surface area (Å²) in [4.78, 5) is 9.96. The van der Waals surface area contributed by atoms with Crippen LogP contribution in [-0.2, 0) is 14.3 Å². The Balaban J connectivity index is 2.39. The van der Waals surface area contributed by atoms with Gasteiger partial charge < -0.3 is 9.47 Å². The molecule has 0 radical (unpaired) electrons. The van der Waals surface area contributed by atoms with E-state index in [0.717, 1.165) is 6.54 Å².